The Morgan fingerprint density at radius 1 is 1.27 bits per heavy atom. The van der Waals surface area contributed by atoms with Crippen molar-refractivity contribution in [3.63, 3.8) is 0 Å². The molecule has 0 bridgehead atoms. The first-order valence-electron chi connectivity index (χ1n) is 5.64. The van der Waals surface area contributed by atoms with E-state index in [0.717, 1.165) is 6.42 Å². The van der Waals surface area contributed by atoms with Gasteiger partial charge in [0.15, 0.2) is 0 Å². The lowest BCUT2D eigenvalue weighted by molar-refractivity contribution is 0.146. The Labute approximate surface area is 93.1 Å². The highest BCUT2D eigenvalue weighted by Gasteiger charge is 2.37. The fourth-order valence-electron chi connectivity index (χ4n) is 2.40. The van der Waals surface area contributed by atoms with E-state index >= 15 is 0 Å². The molecule has 0 N–H and O–H groups in total. The van der Waals surface area contributed by atoms with E-state index in [1.807, 2.05) is 0 Å². The van der Waals surface area contributed by atoms with Gasteiger partial charge in [-0.1, -0.05) is 26.7 Å². The molecule has 0 saturated heterocycles. The lowest BCUT2D eigenvalue weighted by Gasteiger charge is -2.39. The number of rotatable bonds is 4. The van der Waals surface area contributed by atoms with Gasteiger partial charge in [0, 0.05) is 14.2 Å². The Bertz CT molecular complexity index is 242. The predicted molar refractivity (Wildman–Crippen MR) is 62.2 cm³/mol. The molecule has 15 heavy (non-hydrogen) atoms. The summed E-state index contributed by atoms with van der Waals surface area (Å²) in [7, 11) is 0.115. The van der Waals surface area contributed by atoms with Gasteiger partial charge in [0.25, 0.3) is 0 Å². The van der Waals surface area contributed by atoms with Crippen LogP contribution in [0.3, 0.4) is 0 Å². The summed E-state index contributed by atoms with van der Waals surface area (Å²) in [5.74, 6) is 0.456. The molecule has 3 nitrogen and oxygen atoms in total. The van der Waals surface area contributed by atoms with E-state index in [4.69, 9.17) is 9.05 Å². The minimum absolute atomic E-state index is 0.269. The molecule has 0 radical (unpaired) electrons. The third-order valence-corrected chi connectivity index (χ3v) is 5.73. The summed E-state index contributed by atoms with van der Waals surface area (Å²) in [6, 6.07) is 0. The molecule has 4 heteroatoms. The fourth-order valence-corrected chi connectivity index (χ4v) is 4.06. The third kappa shape index (κ3) is 3.30. The van der Waals surface area contributed by atoms with Crippen molar-refractivity contribution in [2.45, 2.75) is 39.5 Å². The van der Waals surface area contributed by atoms with Crippen LogP contribution in [0, 0.1) is 11.3 Å². The van der Waals surface area contributed by atoms with Crippen molar-refractivity contribution in [2.75, 3.05) is 20.4 Å². The van der Waals surface area contributed by atoms with E-state index in [-0.39, 0.29) is 5.41 Å². The molecular weight excluding hydrogens is 211 g/mol. The van der Waals surface area contributed by atoms with Crippen LogP contribution in [0.25, 0.3) is 0 Å². The van der Waals surface area contributed by atoms with Crippen LogP contribution in [-0.2, 0) is 13.6 Å². The molecule has 0 aromatic carbocycles. The molecular formula is C11H23O3P. The monoisotopic (exact) mass is 234 g/mol. The van der Waals surface area contributed by atoms with E-state index < -0.39 is 7.60 Å². The van der Waals surface area contributed by atoms with Crippen LogP contribution in [0.15, 0.2) is 0 Å². The lowest BCUT2D eigenvalue weighted by Crippen LogP contribution is -2.30. The third-order valence-electron chi connectivity index (χ3n) is 3.73. The quantitative estimate of drug-likeness (QED) is 0.696. The number of hydrogen-bond acceptors (Lipinski definition) is 3. The average Bonchev–Trinajstić information content (AvgIpc) is 2.21. The summed E-state index contributed by atoms with van der Waals surface area (Å²) in [6.07, 6.45) is 5.44. The molecule has 1 atom stereocenters. The smallest absolute Gasteiger partial charge is 0.312 e. The molecule has 1 fully saturated rings. The molecule has 1 saturated carbocycles. The molecule has 1 unspecified atom stereocenters. The first kappa shape index (κ1) is 13.2. The van der Waals surface area contributed by atoms with Crippen LogP contribution in [-0.4, -0.2) is 20.4 Å². The van der Waals surface area contributed by atoms with Gasteiger partial charge in [-0.25, -0.2) is 0 Å². The van der Waals surface area contributed by atoms with E-state index in [2.05, 4.69) is 13.8 Å². The minimum Gasteiger partial charge on any atom is -0.312 e. The fraction of sp³-hybridized carbons (Fsp3) is 1.00. The highest BCUT2D eigenvalue weighted by atomic mass is 31.2. The van der Waals surface area contributed by atoms with Crippen LogP contribution >= 0.6 is 7.60 Å². The zero-order valence-electron chi connectivity index (χ0n) is 10.3. The molecule has 1 aliphatic carbocycles. The Morgan fingerprint density at radius 3 is 2.33 bits per heavy atom. The Kier molecular flexibility index (Phi) is 4.39. The van der Waals surface area contributed by atoms with Crippen LogP contribution in [0.5, 0.6) is 0 Å². The van der Waals surface area contributed by atoms with Crippen LogP contribution in [0.2, 0.25) is 0 Å². The molecule has 90 valence electrons. The van der Waals surface area contributed by atoms with Gasteiger partial charge in [-0.3, -0.25) is 4.57 Å². The van der Waals surface area contributed by atoms with Crippen molar-refractivity contribution in [1.82, 2.24) is 0 Å². The first-order chi connectivity index (χ1) is 6.93. The molecule has 1 rings (SSSR count). The van der Waals surface area contributed by atoms with Gasteiger partial charge < -0.3 is 9.05 Å². The maximum Gasteiger partial charge on any atom is 0.330 e. The van der Waals surface area contributed by atoms with Gasteiger partial charge in [0.2, 0.25) is 0 Å². The zero-order valence-corrected chi connectivity index (χ0v) is 11.2. The molecule has 1 aliphatic rings. The summed E-state index contributed by atoms with van der Waals surface area (Å²) in [6.45, 7) is 4.51. The maximum atomic E-state index is 12.1. The van der Waals surface area contributed by atoms with Gasteiger partial charge in [-0.05, 0) is 24.2 Å². The highest BCUT2D eigenvalue weighted by molar-refractivity contribution is 7.53. The summed E-state index contributed by atoms with van der Waals surface area (Å²) in [4.78, 5) is 0. The van der Waals surface area contributed by atoms with Crippen molar-refractivity contribution in [3.8, 4) is 0 Å². The standard InChI is InChI=1S/C11H23O3P/c1-11(2)8-6-5-7-10(11)9-15(12,13-3)14-4/h10H,5-9H2,1-4H3. The summed E-state index contributed by atoms with van der Waals surface area (Å²) in [5.41, 5.74) is 0.269. The Balaban J connectivity index is 2.67. The molecule has 0 aromatic heterocycles. The highest BCUT2D eigenvalue weighted by Crippen LogP contribution is 2.53. The summed E-state index contributed by atoms with van der Waals surface area (Å²) < 4.78 is 22.1. The van der Waals surface area contributed by atoms with Crippen molar-refractivity contribution < 1.29 is 13.6 Å². The normalized spacial score (nSPS) is 26.5. The molecule has 0 spiro atoms. The second-order valence-corrected chi connectivity index (χ2v) is 7.41. The predicted octanol–water partition coefficient (Wildman–Crippen LogP) is 3.69. The number of hydrogen-bond donors (Lipinski definition) is 0. The van der Waals surface area contributed by atoms with Crippen molar-refractivity contribution in [1.29, 1.82) is 0 Å². The van der Waals surface area contributed by atoms with Crippen molar-refractivity contribution >= 4 is 7.60 Å². The zero-order chi connectivity index (χ0) is 11.5. The van der Waals surface area contributed by atoms with Crippen LogP contribution in [0.1, 0.15) is 39.5 Å². The molecule has 0 aromatic rings. The van der Waals surface area contributed by atoms with E-state index in [1.165, 1.54) is 33.5 Å². The Morgan fingerprint density at radius 2 is 1.87 bits per heavy atom. The second-order valence-electron chi connectivity index (χ2n) is 5.09. The topological polar surface area (TPSA) is 35.5 Å². The minimum atomic E-state index is -2.83. The van der Waals surface area contributed by atoms with Gasteiger partial charge in [-0.15, -0.1) is 0 Å². The molecule has 0 aliphatic heterocycles. The molecule has 0 amide bonds. The van der Waals surface area contributed by atoms with Crippen molar-refractivity contribution in [3.05, 3.63) is 0 Å². The maximum absolute atomic E-state index is 12.1. The van der Waals surface area contributed by atoms with E-state index in [1.54, 1.807) is 0 Å². The van der Waals surface area contributed by atoms with Crippen molar-refractivity contribution in [2.24, 2.45) is 11.3 Å². The van der Waals surface area contributed by atoms with Gasteiger partial charge in [-0.2, -0.15) is 0 Å². The van der Waals surface area contributed by atoms with E-state index in [0.29, 0.717) is 12.1 Å². The Hall–Kier alpha value is 0.150. The average molecular weight is 234 g/mol. The van der Waals surface area contributed by atoms with E-state index in [9.17, 15) is 4.57 Å². The summed E-state index contributed by atoms with van der Waals surface area (Å²) >= 11 is 0. The van der Waals surface area contributed by atoms with Gasteiger partial charge in [0.05, 0.1) is 6.16 Å². The van der Waals surface area contributed by atoms with Gasteiger partial charge in [0.1, 0.15) is 0 Å². The SMILES string of the molecule is COP(=O)(CC1CCCCC1(C)C)OC. The lowest BCUT2D eigenvalue weighted by atomic mass is 9.70. The van der Waals surface area contributed by atoms with Crippen LogP contribution < -0.4 is 0 Å². The summed E-state index contributed by atoms with van der Waals surface area (Å²) in [5, 5.41) is 0. The van der Waals surface area contributed by atoms with Crippen LogP contribution in [0.4, 0.5) is 0 Å². The largest absolute Gasteiger partial charge is 0.330 e. The second kappa shape index (κ2) is 4.99. The van der Waals surface area contributed by atoms with Gasteiger partial charge >= 0.3 is 7.60 Å². The first-order valence-corrected chi connectivity index (χ1v) is 7.37. The molecule has 0 heterocycles.